The molecule has 0 aliphatic carbocycles. The maximum absolute atomic E-state index is 5.83. The van der Waals surface area contributed by atoms with Crippen molar-refractivity contribution in [3.63, 3.8) is 0 Å². The molecule has 1 aromatic carbocycles. The zero-order chi connectivity index (χ0) is 15.5. The van der Waals surface area contributed by atoms with E-state index in [-0.39, 0.29) is 5.82 Å². The van der Waals surface area contributed by atoms with Crippen molar-refractivity contribution in [1.29, 1.82) is 0 Å². The Hall–Kier alpha value is -3.09. The lowest BCUT2D eigenvalue weighted by atomic mass is 10.2. The number of rotatable bonds is 4. The van der Waals surface area contributed by atoms with Crippen LogP contribution in [0, 0.1) is 0 Å². The average molecular weight is 297 g/mol. The number of aromatic nitrogens is 3. The Morgan fingerprint density at radius 3 is 2.95 bits per heavy atom. The maximum atomic E-state index is 5.83. The fourth-order valence-electron chi connectivity index (χ4n) is 2.14. The second-order valence-corrected chi connectivity index (χ2v) is 4.64. The minimum atomic E-state index is 0.270. The van der Waals surface area contributed by atoms with Gasteiger partial charge in [0.25, 0.3) is 0 Å². The van der Waals surface area contributed by atoms with Crippen LogP contribution in [-0.2, 0) is 11.9 Å². The van der Waals surface area contributed by atoms with Crippen molar-refractivity contribution in [3.8, 4) is 11.6 Å². The molecular weight excluding hydrogens is 282 g/mol. The van der Waals surface area contributed by atoms with E-state index in [0.717, 1.165) is 10.9 Å². The second-order valence-electron chi connectivity index (χ2n) is 4.64. The maximum Gasteiger partial charge on any atom is 0.233 e. The number of fused-ring (bicyclic) bond motifs is 1. The lowest BCUT2D eigenvalue weighted by Crippen LogP contribution is -2.02. The summed E-state index contributed by atoms with van der Waals surface area (Å²) in [5.74, 6) is 1.25. The second kappa shape index (κ2) is 5.72. The van der Waals surface area contributed by atoms with E-state index in [1.807, 2.05) is 42.1 Å². The van der Waals surface area contributed by atoms with Crippen LogP contribution in [0.4, 0.5) is 5.82 Å². The van der Waals surface area contributed by atoms with Gasteiger partial charge < -0.3 is 19.9 Å². The van der Waals surface area contributed by atoms with Gasteiger partial charge in [-0.1, -0.05) is 5.16 Å². The first-order chi connectivity index (χ1) is 10.7. The smallest absolute Gasteiger partial charge is 0.233 e. The Balaban J connectivity index is 1.97. The van der Waals surface area contributed by atoms with Crippen LogP contribution in [-0.4, -0.2) is 27.9 Å². The molecule has 2 heterocycles. The van der Waals surface area contributed by atoms with Crippen LogP contribution in [0.25, 0.3) is 10.9 Å². The van der Waals surface area contributed by atoms with Gasteiger partial charge in [0.1, 0.15) is 30.6 Å². The molecule has 2 N–H and O–H groups in total. The SMILES string of the molecule is CO/N=C/c1c(N)ncnc1Oc1ccc2c(ccn2C)c1. The monoisotopic (exact) mass is 297 g/mol. The molecule has 0 unspecified atom stereocenters. The van der Waals surface area contributed by atoms with Crippen LogP contribution in [0.3, 0.4) is 0 Å². The van der Waals surface area contributed by atoms with E-state index in [0.29, 0.717) is 17.2 Å². The van der Waals surface area contributed by atoms with Crippen LogP contribution in [0.2, 0.25) is 0 Å². The number of oxime groups is 1. The molecule has 0 atom stereocenters. The number of benzene rings is 1. The van der Waals surface area contributed by atoms with Crippen molar-refractivity contribution >= 4 is 22.9 Å². The van der Waals surface area contributed by atoms with Gasteiger partial charge in [-0.3, -0.25) is 0 Å². The number of aryl methyl sites for hydroxylation is 1. The summed E-state index contributed by atoms with van der Waals surface area (Å²) in [5, 5.41) is 4.77. The van der Waals surface area contributed by atoms with Gasteiger partial charge in [0.05, 0.1) is 6.21 Å². The zero-order valence-corrected chi connectivity index (χ0v) is 12.2. The summed E-state index contributed by atoms with van der Waals surface area (Å²) in [6, 6.07) is 7.81. The molecule has 2 aromatic heterocycles. The molecule has 3 rings (SSSR count). The zero-order valence-electron chi connectivity index (χ0n) is 12.2. The third kappa shape index (κ3) is 2.56. The molecule has 7 nitrogen and oxygen atoms in total. The minimum absolute atomic E-state index is 0.270. The number of nitrogens with two attached hydrogens (primary N) is 1. The highest BCUT2D eigenvalue weighted by Gasteiger charge is 2.10. The lowest BCUT2D eigenvalue weighted by molar-refractivity contribution is 0.215. The molecule has 0 fully saturated rings. The third-order valence-electron chi connectivity index (χ3n) is 3.24. The summed E-state index contributed by atoms with van der Waals surface area (Å²) < 4.78 is 7.86. The molecule has 0 spiro atoms. The molecule has 0 amide bonds. The van der Waals surface area contributed by atoms with Crippen molar-refractivity contribution in [3.05, 3.63) is 42.4 Å². The van der Waals surface area contributed by atoms with Crippen molar-refractivity contribution in [2.24, 2.45) is 12.2 Å². The van der Waals surface area contributed by atoms with Gasteiger partial charge in [0.15, 0.2) is 0 Å². The molecule has 0 aliphatic heterocycles. The van der Waals surface area contributed by atoms with Gasteiger partial charge >= 0.3 is 0 Å². The van der Waals surface area contributed by atoms with Crippen molar-refractivity contribution in [1.82, 2.24) is 14.5 Å². The van der Waals surface area contributed by atoms with E-state index >= 15 is 0 Å². The van der Waals surface area contributed by atoms with E-state index in [4.69, 9.17) is 10.5 Å². The fraction of sp³-hybridized carbons (Fsp3) is 0.133. The molecule has 22 heavy (non-hydrogen) atoms. The van der Waals surface area contributed by atoms with E-state index in [1.165, 1.54) is 19.7 Å². The van der Waals surface area contributed by atoms with Gasteiger partial charge in [0, 0.05) is 24.1 Å². The summed E-state index contributed by atoms with van der Waals surface area (Å²) in [5.41, 5.74) is 7.42. The number of ether oxygens (including phenoxy) is 1. The summed E-state index contributed by atoms with van der Waals surface area (Å²) in [6.45, 7) is 0. The molecule has 0 aliphatic rings. The molecule has 0 bridgehead atoms. The van der Waals surface area contributed by atoms with Crippen molar-refractivity contribution in [2.45, 2.75) is 0 Å². The van der Waals surface area contributed by atoms with Crippen molar-refractivity contribution in [2.75, 3.05) is 12.8 Å². The minimum Gasteiger partial charge on any atom is -0.438 e. The Bertz CT molecular complexity index is 841. The number of hydrogen-bond acceptors (Lipinski definition) is 6. The topological polar surface area (TPSA) is 87.6 Å². The Morgan fingerprint density at radius 2 is 2.14 bits per heavy atom. The van der Waals surface area contributed by atoms with Gasteiger partial charge in [-0.05, 0) is 24.3 Å². The number of anilines is 1. The highest BCUT2D eigenvalue weighted by molar-refractivity contribution is 5.88. The van der Waals surface area contributed by atoms with Crippen LogP contribution >= 0.6 is 0 Å². The van der Waals surface area contributed by atoms with Crippen LogP contribution in [0.5, 0.6) is 11.6 Å². The molecule has 7 heteroatoms. The first kappa shape index (κ1) is 13.9. The first-order valence-electron chi connectivity index (χ1n) is 6.59. The predicted octanol–water partition coefficient (Wildman–Crippen LogP) is 2.32. The van der Waals surface area contributed by atoms with E-state index in [1.54, 1.807) is 0 Å². The van der Waals surface area contributed by atoms with Crippen LogP contribution in [0.15, 0.2) is 41.9 Å². The van der Waals surface area contributed by atoms with E-state index in [2.05, 4.69) is 20.0 Å². The first-order valence-corrected chi connectivity index (χ1v) is 6.59. The van der Waals surface area contributed by atoms with Crippen LogP contribution in [0.1, 0.15) is 5.56 Å². The quantitative estimate of drug-likeness (QED) is 0.590. The summed E-state index contributed by atoms with van der Waals surface area (Å²) in [7, 11) is 3.44. The summed E-state index contributed by atoms with van der Waals surface area (Å²) in [6.07, 6.45) is 4.76. The Morgan fingerprint density at radius 1 is 1.27 bits per heavy atom. The highest BCUT2D eigenvalue weighted by atomic mass is 16.6. The molecule has 3 aromatic rings. The summed E-state index contributed by atoms with van der Waals surface area (Å²) in [4.78, 5) is 12.7. The molecule has 0 radical (unpaired) electrons. The number of nitrogens with zero attached hydrogens (tertiary/aromatic N) is 4. The standard InChI is InChI=1S/C15H15N5O2/c1-20-6-5-10-7-11(3-4-13(10)20)22-15-12(8-19-21-2)14(16)17-9-18-15/h3-9H,1-2H3,(H2,16,17,18)/b19-8+. The molecular formula is C15H15N5O2. The summed E-state index contributed by atoms with van der Waals surface area (Å²) >= 11 is 0. The lowest BCUT2D eigenvalue weighted by Gasteiger charge is -2.08. The van der Waals surface area contributed by atoms with Gasteiger partial charge in [-0.15, -0.1) is 0 Å². The molecule has 0 saturated carbocycles. The molecule has 112 valence electrons. The van der Waals surface area contributed by atoms with Crippen molar-refractivity contribution < 1.29 is 9.57 Å². The number of nitrogen functional groups attached to an aromatic ring is 1. The Labute approximate surface area is 127 Å². The normalized spacial score (nSPS) is 11.2. The third-order valence-corrected chi connectivity index (χ3v) is 3.24. The highest BCUT2D eigenvalue weighted by Crippen LogP contribution is 2.27. The predicted molar refractivity (Wildman–Crippen MR) is 84.0 cm³/mol. The Kier molecular flexibility index (Phi) is 3.61. The van der Waals surface area contributed by atoms with Gasteiger partial charge in [-0.2, -0.15) is 0 Å². The largest absolute Gasteiger partial charge is 0.438 e. The van der Waals surface area contributed by atoms with E-state index in [9.17, 15) is 0 Å². The van der Waals surface area contributed by atoms with Gasteiger partial charge in [0.2, 0.25) is 5.88 Å². The fourth-order valence-corrected chi connectivity index (χ4v) is 2.14. The number of hydrogen-bond donors (Lipinski definition) is 1. The van der Waals surface area contributed by atoms with E-state index < -0.39 is 0 Å². The average Bonchev–Trinajstić information content (AvgIpc) is 2.88. The molecule has 0 saturated heterocycles. The van der Waals surface area contributed by atoms with Crippen LogP contribution < -0.4 is 10.5 Å². The van der Waals surface area contributed by atoms with Gasteiger partial charge in [-0.25, -0.2) is 9.97 Å².